The lowest BCUT2D eigenvalue weighted by Gasteiger charge is -2.37. The molecule has 2 rings (SSSR count). The number of carbonyl (C=O) groups excluding carboxylic acids is 1. The molecule has 0 aliphatic heterocycles. The summed E-state index contributed by atoms with van der Waals surface area (Å²) in [5.74, 6) is 0.0338. The Morgan fingerprint density at radius 2 is 2.04 bits per heavy atom. The van der Waals surface area contributed by atoms with Gasteiger partial charge in [0.2, 0.25) is 10.0 Å². The van der Waals surface area contributed by atoms with E-state index in [4.69, 9.17) is 9.88 Å². The van der Waals surface area contributed by atoms with Crippen molar-refractivity contribution in [2.75, 3.05) is 13.7 Å². The average Bonchev–Trinajstić information content (AvgIpc) is 2.54. The monoisotopic (exact) mass is 372 g/mol. The third kappa shape index (κ3) is 4.69. The highest BCUT2D eigenvalue weighted by Gasteiger charge is 2.35. The van der Waals surface area contributed by atoms with Gasteiger partial charge < -0.3 is 19.8 Å². The summed E-state index contributed by atoms with van der Waals surface area (Å²) in [6.07, 6.45) is 0.0607. The van der Waals surface area contributed by atoms with Gasteiger partial charge in [0.05, 0.1) is 17.0 Å². The van der Waals surface area contributed by atoms with Crippen molar-refractivity contribution < 1.29 is 28.2 Å². The molecular weight excluding hydrogens is 348 g/mol. The van der Waals surface area contributed by atoms with Crippen LogP contribution in [0.1, 0.15) is 24.8 Å². The van der Waals surface area contributed by atoms with Gasteiger partial charge in [0.25, 0.3) is 5.91 Å². The topological polar surface area (TPSA) is 130 Å². The van der Waals surface area contributed by atoms with Crippen molar-refractivity contribution in [3.63, 3.8) is 0 Å². The number of ether oxygens (including phenoxy) is 1. The second kappa shape index (κ2) is 7.69. The number of nitrogens with zero attached hydrogens (tertiary/aromatic N) is 1. The van der Waals surface area contributed by atoms with Crippen LogP contribution in [0.25, 0.3) is 0 Å². The van der Waals surface area contributed by atoms with Gasteiger partial charge in [-0.3, -0.25) is 4.79 Å². The third-order valence-electron chi connectivity index (χ3n) is 4.51. The first-order chi connectivity index (χ1) is 11.6. The number of aryl methyl sites for hydroxylation is 1. The van der Waals surface area contributed by atoms with E-state index in [-0.39, 0.29) is 17.4 Å². The molecule has 1 saturated carbocycles. The predicted octanol–water partition coefficient (Wildman–Crippen LogP) is -0.246. The summed E-state index contributed by atoms with van der Waals surface area (Å²) in [6, 6.07) is 3.68. The van der Waals surface area contributed by atoms with Crippen molar-refractivity contribution in [1.29, 1.82) is 0 Å². The Morgan fingerprint density at radius 1 is 1.36 bits per heavy atom. The Labute approximate surface area is 147 Å². The van der Waals surface area contributed by atoms with Gasteiger partial charge in [-0.1, -0.05) is 0 Å². The molecule has 0 radical (unpaired) electrons. The zero-order chi connectivity index (χ0) is 18.8. The highest BCUT2D eigenvalue weighted by atomic mass is 32.2. The number of amides is 1. The maximum absolute atomic E-state index is 12.3. The first-order valence-corrected chi connectivity index (χ1v) is 9.54. The van der Waals surface area contributed by atoms with Crippen molar-refractivity contribution >= 4 is 15.9 Å². The van der Waals surface area contributed by atoms with Gasteiger partial charge in [-0.2, -0.15) is 0 Å². The standard InChI is InChI=1S/C16H24N2O6S/c1-10-8-11(25(17,22)23)6-7-14(10)24-9-15(20)18(2)12-4-3-5-13(19)16(12)21/h6-8,12-13,16,19,21H,3-5,9H2,1-2H3,(H2,17,22,23)/t12-,13-,16-/m1/s1. The lowest BCUT2D eigenvalue weighted by molar-refractivity contribution is -0.140. The molecule has 1 fully saturated rings. The lowest BCUT2D eigenvalue weighted by Crippen LogP contribution is -2.52. The Balaban J connectivity index is 2.00. The Kier molecular flexibility index (Phi) is 6.04. The van der Waals surface area contributed by atoms with Gasteiger partial charge in [0.1, 0.15) is 11.9 Å². The number of sulfonamides is 1. The van der Waals surface area contributed by atoms with E-state index in [1.54, 1.807) is 14.0 Å². The number of benzene rings is 1. The molecule has 0 spiro atoms. The molecule has 9 heteroatoms. The minimum absolute atomic E-state index is 0.0277. The van der Waals surface area contributed by atoms with E-state index in [0.717, 1.165) is 6.42 Å². The molecule has 3 atom stereocenters. The number of primary sulfonamides is 1. The van der Waals surface area contributed by atoms with Crippen LogP contribution in [0.4, 0.5) is 0 Å². The highest BCUT2D eigenvalue weighted by molar-refractivity contribution is 7.89. The largest absolute Gasteiger partial charge is 0.483 e. The summed E-state index contributed by atoms with van der Waals surface area (Å²) < 4.78 is 28.1. The molecule has 8 nitrogen and oxygen atoms in total. The Bertz CT molecular complexity index is 736. The zero-order valence-electron chi connectivity index (χ0n) is 14.3. The van der Waals surface area contributed by atoms with Gasteiger partial charge >= 0.3 is 0 Å². The third-order valence-corrected chi connectivity index (χ3v) is 5.42. The van der Waals surface area contributed by atoms with Crippen molar-refractivity contribution in [3.8, 4) is 5.75 Å². The molecular formula is C16H24N2O6S. The van der Waals surface area contributed by atoms with Crippen LogP contribution in [0, 0.1) is 6.92 Å². The van der Waals surface area contributed by atoms with E-state index < -0.39 is 28.3 Å². The second-order valence-corrected chi connectivity index (χ2v) is 7.88. The van der Waals surface area contributed by atoms with Crippen LogP contribution in [-0.4, -0.2) is 61.3 Å². The van der Waals surface area contributed by atoms with E-state index in [0.29, 0.717) is 24.2 Å². The van der Waals surface area contributed by atoms with Crippen LogP contribution in [0.5, 0.6) is 5.75 Å². The van der Waals surface area contributed by atoms with Crippen LogP contribution in [0.15, 0.2) is 23.1 Å². The molecule has 140 valence electrons. The fraction of sp³-hybridized carbons (Fsp3) is 0.562. The normalized spacial score (nSPS) is 24.0. The van der Waals surface area contributed by atoms with Crippen LogP contribution in [0.3, 0.4) is 0 Å². The summed E-state index contributed by atoms with van der Waals surface area (Å²) in [6.45, 7) is 1.39. The molecule has 1 aliphatic carbocycles. The average molecular weight is 372 g/mol. The summed E-state index contributed by atoms with van der Waals surface area (Å²) in [5.41, 5.74) is 0.537. The maximum Gasteiger partial charge on any atom is 0.260 e. The van der Waals surface area contributed by atoms with E-state index in [1.807, 2.05) is 0 Å². The fourth-order valence-corrected chi connectivity index (χ4v) is 3.54. The molecule has 0 aromatic heterocycles. The molecule has 25 heavy (non-hydrogen) atoms. The molecule has 1 amide bonds. The second-order valence-electron chi connectivity index (χ2n) is 6.32. The van der Waals surface area contributed by atoms with Crippen molar-refractivity contribution in [2.45, 2.75) is 49.3 Å². The van der Waals surface area contributed by atoms with Gasteiger partial charge in [-0.25, -0.2) is 13.6 Å². The van der Waals surface area contributed by atoms with Crippen molar-refractivity contribution in [2.24, 2.45) is 5.14 Å². The highest BCUT2D eigenvalue weighted by Crippen LogP contribution is 2.24. The van der Waals surface area contributed by atoms with E-state index >= 15 is 0 Å². The number of nitrogens with two attached hydrogens (primary N) is 1. The Hall–Kier alpha value is -1.68. The summed E-state index contributed by atoms with van der Waals surface area (Å²) in [5, 5.41) is 24.8. The molecule has 0 heterocycles. The maximum atomic E-state index is 12.3. The quantitative estimate of drug-likeness (QED) is 0.654. The molecule has 4 N–H and O–H groups in total. The number of carbonyl (C=O) groups is 1. The number of aliphatic hydroxyl groups is 2. The number of hydrogen-bond acceptors (Lipinski definition) is 6. The van der Waals surface area contributed by atoms with E-state index in [2.05, 4.69) is 0 Å². The van der Waals surface area contributed by atoms with Gasteiger partial charge in [0, 0.05) is 7.05 Å². The molecule has 0 saturated heterocycles. The van der Waals surface area contributed by atoms with Crippen molar-refractivity contribution in [1.82, 2.24) is 4.90 Å². The minimum atomic E-state index is -3.79. The SMILES string of the molecule is Cc1cc(S(N)(=O)=O)ccc1OCC(=O)N(C)[C@@H]1CCC[C@@H](O)[C@@H]1O. The summed E-state index contributed by atoms with van der Waals surface area (Å²) in [7, 11) is -2.23. The number of hydrogen-bond donors (Lipinski definition) is 3. The van der Waals surface area contributed by atoms with Crippen LogP contribution < -0.4 is 9.88 Å². The van der Waals surface area contributed by atoms with Crippen LogP contribution in [-0.2, 0) is 14.8 Å². The van der Waals surface area contributed by atoms with E-state index in [9.17, 15) is 23.4 Å². The lowest BCUT2D eigenvalue weighted by atomic mass is 9.89. The number of aliphatic hydroxyl groups excluding tert-OH is 2. The van der Waals surface area contributed by atoms with Crippen LogP contribution >= 0.6 is 0 Å². The zero-order valence-corrected chi connectivity index (χ0v) is 15.1. The van der Waals surface area contributed by atoms with Crippen molar-refractivity contribution in [3.05, 3.63) is 23.8 Å². The Morgan fingerprint density at radius 3 is 2.64 bits per heavy atom. The van der Waals surface area contributed by atoms with Gasteiger partial charge in [-0.05, 0) is 49.9 Å². The number of likely N-dealkylation sites (N-methyl/N-ethyl adjacent to an activating group) is 1. The van der Waals surface area contributed by atoms with Gasteiger partial charge in [0.15, 0.2) is 6.61 Å². The first kappa shape index (κ1) is 19.6. The van der Waals surface area contributed by atoms with E-state index in [1.165, 1.54) is 23.1 Å². The molecule has 1 aliphatic rings. The summed E-state index contributed by atoms with van der Waals surface area (Å²) >= 11 is 0. The smallest absolute Gasteiger partial charge is 0.260 e. The molecule has 0 bridgehead atoms. The molecule has 1 aromatic carbocycles. The fourth-order valence-electron chi connectivity index (χ4n) is 2.94. The summed E-state index contributed by atoms with van der Waals surface area (Å²) in [4.78, 5) is 13.7. The van der Waals surface area contributed by atoms with Crippen LogP contribution in [0.2, 0.25) is 0 Å². The predicted molar refractivity (Wildman–Crippen MR) is 90.5 cm³/mol. The van der Waals surface area contributed by atoms with Gasteiger partial charge in [-0.15, -0.1) is 0 Å². The minimum Gasteiger partial charge on any atom is -0.483 e. The molecule has 1 aromatic rings. The first-order valence-electron chi connectivity index (χ1n) is 7.99. The molecule has 0 unspecified atom stereocenters. The number of rotatable bonds is 5.